The summed E-state index contributed by atoms with van der Waals surface area (Å²) in [6.07, 6.45) is 4.09. The van der Waals surface area contributed by atoms with Gasteiger partial charge in [-0.25, -0.2) is 0 Å². The van der Waals surface area contributed by atoms with Crippen molar-refractivity contribution in [3.63, 3.8) is 0 Å². The van der Waals surface area contributed by atoms with Crippen LogP contribution in [-0.4, -0.2) is 13.6 Å². The van der Waals surface area contributed by atoms with Crippen LogP contribution in [0.15, 0.2) is 15.9 Å². The molecule has 3 atom stereocenters. The van der Waals surface area contributed by atoms with E-state index in [-0.39, 0.29) is 0 Å². The zero-order valence-electron chi connectivity index (χ0n) is 12.5. The second-order valence-electron chi connectivity index (χ2n) is 6.93. The molecule has 1 saturated carbocycles. The molecule has 1 N–H and O–H groups in total. The van der Waals surface area contributed by atoms with E-state index in [0.29, 0.717) is 5.41 Å². The van der Waals surface area contributed by atoms with Crippen molar-refractivity contribution < 1.29 is 0 Å². The smallest absolute Gasteiger partial charge is 0.0317 e. The molecule has 1 nitrogen and oxygen atoms in total. The summed E-state index contributed by atoms with van der Waals surface area (Å²) in [6.45, 7) is 8.34. The molecule has 0 saturated heterocycles. The van der Waals surface area contributed by atoms with E-state index in [0.717, 1.165) is 24.3 Å². The van der Waals surface area contributed by atoms with E-state index in [4.69, 9.17) is 0 Å². The molecule has 0 amide bonds. The van der Waals surface area contributed by atoms with E-state index < -0.39 is 0 Å². The molecular weight excluding hydrogens is 318 g/mol. The average Bonchev–Trinajstić information content (AvgIpc) is 2.75. The Hall–Kier alpha value is 0.140. The second kappa shape index (κ2) is 6.28. The third kappa shape index (κ3) is 3.62. The van der Waals surface area contributed by atoms with Crippen molar-refractivity contribution in [2.75, 3.05) is 13.6 Å². The van der Waals surface area contributed by atoms with Gasteiger partial charge in [0.2, 0.25) is 0 Å². The summed E-state index contributed by atoms with van der Waals surface area (Å²) in [7, 11) is 2.08. The zero-order valence-corrected chi connectivity index (χ0v) is 14.9. The number of hydrogen-bond acceptors (Lipinski definition) is 2. The highest BCUT2D eigenvalue weighted by Crippen LogP contribution is 2.49. The Balaban J connectivity index is 2.20. The van der Waals surface area contributed by atoms with E-state index in [1.54, 1.807) is 4.88 Å². The van der Waals surface area contributed by atoms with Crippen LogP contribution in [0.2, 0.25) is 0 Å². The molecule has 0 aliphatic heterocycles. The largest absolute Gasteiger partial charge is 0.319 e. The molecule has 108 valence electrons. The van der Waals surface area contributed by atoms with Crippen LogP contribution in [0.4, 0.5) is 0 Å². The van der Waals surface area contributed by atoms with E-state index >= 15 is 0 Å². The number of nitrogens with one attached hydrogen (secondary N) is 1. The van der Waals surface area contributed by atoms with E-state index in [2.05, 4.69) is 60.5 Å². The summed E-state index contributed by atoms with van der Waals surface area (Å²) in [4.78, 5) is 1.56. The van der Waals surface area contributed by atoms with Gasteiger partial charge in [-0.1, -0.05) is 20.8 Å². The van der Waals surface area contributed by atoms with Crippen LogP contribution < -0.4 is 5.32 Å². The first kappa shape index (κ1) is 15.5. The van der Waals surface area contributed by atoms with E-state index in [1.165, 1.54) is 23.7 Å². The first-order valence-electron chi connectivity index (χ1n) is 7.31. The molecule has 0 spiro atoms. The van der Waals surface area contributed by atoms with Gasteiger partial charge in [0.05, 0.1) is 0 Å². The summed E-state index contributed by atoms with van der Waals surface area (Å²) in [5.74, 6) is 2.36. The average molecular weight is 344 g/mol. The molecule has 0 bridgehead atoms. The summed E-state index contributed by atoms with van der Waals surface area (Å²) >= 11 is 5.66. The fourth-order valence-corrected chi connectivity index (χ4v) is 5.29. The molecule has 1 fully saturated rings. The van der Waals surface area contributed by atoms with Gasteiger partial charge in [0.25, 0.3) is 0 Å². The minimum Gasteiger partial charge on any atom is -0.319 e. The molecule has 3 unspecified atom stereocenters. The Kier molecular flexibility index (Phi) is 5.13. The molecule has 1 aromatic rings. The molecule has 0 aromatic carbocycles. The zero-order chi connectivity index (χ0) is 14.0. The Labute approximate surface area is 130 Å². The highest BCUT2D eigenvalue weighted by atomic mass is 79.9. The van der Waals surface area contributed by atoms with Gasteiger partial charge in [-0.3, -0.25) is 0 Å². The minimum absolute atomic E-state index is 0.437. The summed E-state index contributed by atoms with van der Waals surface area (Å²) in [5, 5.41) is 5.61. The van der Waals surface area contributed by atoms with Crippen molar-refractivity contribution >= 4 is 27.3 Å². The topological polar surface area (TPSA) is 12.0 Å². The highest BCUT2D eigenvalue weighted by molar-refractivity contribution is 9.10. The summed E-state index contributed by atoms with van der Waals surface area (Å²) in [6, 6.07) is 2.21. The standard InChI is InChI=1S/C16H26BrNS/c1-16(2,3)12-6-5-11(10-18-4)13(9-12)15-14(17)7-8-19-15/h7-8,11-13,18H,5-6,9-10H2,1-4H3. The lowest BCUT2D eigenvalue weighted by Crippen LogP contribution is -2.34. The number of rotatable bonds is 3. The molecule has 1 aromatic heterocycles. The van der Waals surface area contributed by atoms with Gasteiger partial charge < -0.3 is 5.32 Å². The minimum atomic E-state index is 0.437. The van der Waals surface area contributed by atoms with Gasteiger partial charge in [0.15, 0.2) is 0 Å². The maximum Gasteiger partial charge on any atom is 0.0317 e. The van der Waals surface area contributed by atoms with Crippen LogP contribution in [0.5, 0.6) is 0 Å². The normalized spacial score (nSPS) is 28.6. The Morgan fingerprint density at radius 1 is 1.37 bits per heavy atom. The van der Waals surface area contributed by atoms with Gasteiger partial charge in [-0.05, 0) is 83.4 Å². The van der Waals surface area contributed by atoms with E-state index in [1.807, 2.05) is 11.3 Å². The number of hydrogen-bond donors (Lipinski definition) is 1. The summed E-state index contributed by atoms with van der Waals surface area (Å²) in [5.41, 5.74) is 0.437. The van der Waals surface area contributed by atoms with Crippen LogP contribution in [0.3, 0.4) is 0 Å². The SMILES string of the molecule is CNCC1CCC(C(C)(C)C)CC1c1sccc1Br. The molecule has 0 radical (unpaired) electrons. The lowest BCUT2D eigenvalue weighted by atomic mass is 9.65. The lowest BCUT2D eigenvalue weighted by Gasteiger charge is -2.42. The van der Waals surface area contributed by atoms with Crippen molar-refractivity contribution in [1.29, 1.82) is 0 Å². The van der Waals surface area contributed by atoms with Crippen molar-refractivity contribution in [2.24, 2.45) is 17.3 Å². The lowest BCUT2D eigenvalue weighted by molar-refractivity contribution is 0.131. The molecule has 3 heteroatoms. The fraction of sp³-hybridized carbons (Fsp3) is 0.750. The molecular formula is C16H26BrNS. The van der Waals surface area contributed by atoms with E-state index in [9.17, 15) is 0 Å². The second-order valence-corrected chi connectivity index (χ2v) is 8.74. The first-order valence-corrected chi connectivity index (χ1v) is 8.98. The Morgan fingerprint density at radius 2 is 2.11 bits per heavy atom. The van der Waals surface area contributed by atoms with Crippen molar-refractivity contribution in [2.45, 2.75) is 46.0 Å². The van der Waals surface area contributed by atoms with Gasteiger partial charge in [0.1, 0.15) is 0 Å². The Morgan fingerprint density at radius 3 is 2.63 bits per heavy atom. The fourth-order valence-electron chi connectivity index (χ4n) is 3.42. The van der Waals surface area contributed by atoms with Crippen LogP contribution in [-0.2, 0) is 0 Å². The van der Waals surface area contributed by atoms with Crippen LogP contribution >= 0.6 is 27.3 Å². The van der Waals surface area contributed by atoms with Gasteiger partial charge >= 0.3 is 0 Å². The van der Waals surface area contributed by atoms with Gasteiger partial charge in [0, 0.05) is 9.35 Å². The third-order valence-corrected chi connectivity index (χ3v) is 6.67. The maximum absolute atomic E-state index is 3.74. The monoisotopic (exact) mass is 343 g/mol. The number of halogens is 1. The number of thiophene rings is 1. The molecule has 19 heavy (non-hydrogen) atoms. The van der Waals surface area contributed by atoms with Crippen LogP contribution in [0.25, 0.3) is 0 Å². The Bertz CT molecular complexity index is 407. The van der Waals surface area contributed by atoms with Crippen LogP contribution in [0.1, 0.15) is 50.8 Å². The van der Waals surface area contributed by atoms with Crippen molar-refractivity contribution in [3.8, 4) is 0 Å². The van der Waals surface area contributed by atoms with Crippen molar-refractivity contribution in [3.05, 3.63) is 20.8 Å². The quantitative estimate of drug-likeness (QED) is 0.787. The predicted octanol–water partition coefficient (Wildman–Crippen LogP) is 5.28. The maximum atomic E-state index is 3.74. The molecule has 1 aliphatic carbocycles. The van der Waals surface area contributed by atoms with Crippen molar-refractivity contribution in [1.82, 2.24) is 5.32 Å². The predicted molar refractivity (Wildman–Crippen MR) is 89.0 cm³/mol. The molecule has 2 rings (SSSR count). The summed E-state index contributed by atoms with van der Waals surface area (Å²) < 4.78 is 1.32. The van der Waals surface area contributed by atoms with Gasteiger partial charge in [-0.2, -0.15) is 0 Å². The third-order valence-electron chi connectivity index (χ3n) is 4.67. The van der Waals surface area contributed by atoms with Crippen LogP contribution in [0, 0.1) is 17.3 Å². The highest BCUT2D eigenvalue weighted by Gasteiger charge is 2.37. The molecule has 1 heterocycles. The first-order chi connectivity index (χ1) is 8.93. The molecule has 1 aliphatic rings. The van der Waals surface area contributed by atoms with Gasteiger partial charge in [-0.15, -0.1) is 11.3 Å².